The Hall–Kier alpha value is -1.36. The average Bonchev–Trinajstić information content (AvgIpc) is 2.88. The minimum atomic E-state index is -0.118. The molecule has 0 saturated heterocycles. The average molecular weight is 251 g/mol. The Bertz CT molecular complexity index is 403. The molecule has 0 aromatic carbocycles. The molecule has 0 spiro atoms. The van der Waals surface area contributed by atoms with Crippen molar-refractivity contribution in [3.05, 3.63) is 17.7 Å². The van der Waals surface area contributed by atoms with Gasteiger partial charge in [0.25, 0.3) is 5.91 Å². The Kier molecular flexibility index (Phi) is 4.36. The quantitative estimate of drug-likeness (QED) is 0.753. The van der Waals surface area contributed by atoms with E-state index in [1.807, 2.05) is 6.92 Å². The number of amides is 1. The standard InChI is InChI=1S/C13H21N3O2/c1-2-12-14-7-11(15-12)13(18)16-10-6-4-3-5-9(10)8-17/h7,9-10,17H,2-6,8H2,1H3,(H,14,15)(H,16,18). The monoisotopic (exact) mass is 251 g/mol. The van der Waals surface area contributed by atoms with E-state index in [1.165, 1.54) is 0 Å². The Morgan fingerprint density at radius 3 is 3.00 bits per heavy atom. The molecule has 1 aliphatic rings. The molecule has 100 valence electrons. The van der Waals surface area contributed by atoms with E-state index in [9.17, 15) is 9.90 Å². The molecule has 0 bridgehead atoms. The van der Waals surface area contributed by atoms with Crippen LogP contribution in [0, 0.1) is 5.92 Å². The van der Waals surface area contributed by atoms with E-state index in [0.29, 0.717) is 5.69 Å². The fraction of sp³-hybridized carbons (Fsp3) is 0.692. The highest BCUT2D eigenvalue weighted by Gasteiger charge is 2.26. The molecule has 1 fully saturated rings. The van der Waals surface area contributed by atoms with Crippen molar-refractivity contribution in [1.29, 1.82) is 0 Å². The maximum absolute atomic E-state index is 12.0. The van der Waals surface area contributed by atoms with Gasteiger partial charge in [0.15, 0.2) is 0 Å². The molecule has 0 radical (unpaired) electrons. The second kappa shape index (κ2) is 6.00. The van der Waals surface area contributed by atoms with Gasteiger partial charge in [-0.05, 0) is 12.8 Å². The lowest BCUT2D eigenvalue weighted by Gasteiger charge is -2.30. The van der Waals surface area contributed by atoms with Gasteiger partial charge in [0.2, 0.25) is 0 Å². The van der Waals surface area contributed by atoms with Crippen LogP contribution in [0.25, 0.3) is 0 Å². The van der Waals surface area contributed by atoms with Crippen LogP contribution in [-0.4, -0.2) is 33.6 Å². The maximum atomic E-state index is 12.0. The molecule has 5 heteroatoms. The molecule has 1 aromatic heterocycles. The predicted molar refractivity (Wildman–Crippen MR) is 68.3 cm³/mol. The highest BCUT2D eigenvalue weighted by Crippen LogP contribution is 2.24. The lowest BCUT2D eigenvalue weighted by Crippen LogP contribution is -2.43. The third kappa shape index (κ3) is 2.90. The zero-order valence-corrected chi connectivity index (χ0v) is 10.8. The first-order chi connectivity index (χ1) is 8.74. The van der Waals surface area contributed by atoms with Gasteiger partial charge < -0.3 is 15.4 Å². The summed E-state index contributed by atoms with van der Waals surface area (Å²) in [7, 11) is 0. The molecule has 0 aliphatic heterocycles. The van der Waals surface area contributed by atoms with Gasteiger partial charge in [-0.15, -0.1) is 0 Å². The number of aryl methyl sites for hydroxylation is 1. The molecule has 18 heavy (non-hydrogen) atoms. The highest BCUT2D eigenvalue weighted by molar-refractivity contribution is 5.92. The van der Waals surface area contributed by atoms with E-state index in [-0.39, 0.29) is 24.5 Å². The number of imidazole rings is 1. The van der Waals surface area contributed by atoms with Crippen LogP contribution >= 0.6 is 0 Å². The minimum Gasteiger partial charge on any atom is -0.396 e. The van der Waals surface area contributed by atoms with Gasteiger partial charge in [0, 0.05) is 25.0 Å². The number of rotatable bonds is 4. The number of carbonyl (C=O) groups excluding carboxylic acids is 1. The normalized spacial score (nSPS) is 23.9. The smallest absolute Gasteiger partial charge is 0.269 e. The van der Waals surface area contributed by atoms with Crippen molar-refractivity contribution in [1.82, 2.24) is 15.3 Å². The molecular weight excluding hydrogens is 230 g/mol. The van der Waals surface area contributed by atoms with Crippen molar-refractivity contribution < 1.29 is 9.90 Å². The van der Waals surface area contributed by atoms with E-state index in [1.54, 1.807) is 6.20 Å². The van der Waals surface area contributed by atoms with E-state index in [0.717, 1.165) is 37.9 Å². The summed E-state index contributed by atoms with van der Waals surface area (Å²) in [5.41, 5.74) is 0.508. The number of H-pyrrole nitrogens is 1. The SMILES string of the molecule is CCc1ncc(C(=O)NC2CCCCC2CO)[nH]1. The van der Waals surface area contributed by atoms with Crippen molar-refractivity contribution in [2.24, 2.45) is 5.92 Å². The van der Waals surface area contributed by atoms with Gasteiger partial charge in [-0.1, -0.05) is 19.8 Å². The minimum absolute atomic E-state index is 0.0876. The summed E-state index contributed by atoms with van der Waals surface area (Å²) in [5.74, 6) is 0.895. The molecule has 2 atom stereocenters. The van der Waals surface area contributed by atoms with Crippen LogP contribution in [0.5, 0.6) is 0 Å². The lowest BCUT2D eigenvalue weighted by atomic mass is 9.85. The third-order valence-electron chi connectivity index (χ3n) is 3.67. The van der Waals surface area contributed by atoms with Crippen molar-refractivity contribution in [2.45, 2.75) is 45.1 Å². The zero-order chi connectivity index (χ0) is 13.0. The van der Waals surface area contributed by atoms with Crippen molar-refractivity contribution in [2.75, 3.05) is 6.61 Å². The summed E-state index contributed by atoms with van der Waals surface area (Å²) in [6, 6.07) is 0.0876. The fourth-order valence-electron chi connectivity index (χ4n) is 2.52. The molecule has 1 saturated carbocycles. The summed E-state index contributed by atoms with van der Waals surface area (Å²) >= 11 is 0. The largest absolute Gasteiger partial charge is 0.396 e. The fourth-order valence-corrected chi connectivity index (χ4v) is 2.52. The Morgan fingerprint density at radius 1 is 1.56 bits per heavy atom. The molecule has 2 unspecified atom stereocenters. The number of aliphatic hydroxyl groups is 1. The summed E-state index contributed by atoms with van der Waals surface area (Å²) in [6.07, 6.45) is 6.56. The number of carbonyl (C=O) groups is 1. The molecule has 3 N–H and O–H groups in total. The summed E-state index contributed by atoms with van der Waals surface area (Å²) in [4.78, 5) is 19.2. The number of aliphatic hydroxyl groups excluding tert-OH is 1. The van der Waals surface area contributed by atoms with E-state index < -0.39 is 0 Å². The van der Waals surface area contributed by atoms with Crippen molar-refractivity contribution in [3.63, 3.8) is 0 Å². The molecular formula is C13H21N3O2. The number of aromatic nitrogens is 2. The topological polar surface area (TPSA) is 78.0 Å². The van der Waals surface area contributed by atoms with Gasteiger partial charge in [-0.3, -0.25) is 4.79 Å². The van der Waals surface area contributed by atoms with Crippen LogP contribution in [0.3, 0.4) is 0 Å². The van der Waals surface area contributed by atoms with Gasteiger partial charge in [-0.2, -0.15) is 0 Å². The van der Waals surface area contributed by atoms with Gasteiger partial charge in [0.1, 0.15) is 11.5 Å². The number of nitrogens with zero attached hydrogens (tertiary/aromatic N) is 1. The van der Waals surface area contributed by atoms with Crippen LogP contribution in [0.2, 0.25) is 0 Å². The third-order valence-corrected chi connectivity index (χ3v) is 3.67. The zero-order valence-electron chi connectivity index (χ0n) is 10.8. The van der Waals surface area contributed by atoms with E-state index in [2.05, 4.69) is 15.3 Å². The van der Waals surface area contributed by atoms with Gasteiger partial charge in [-0.25, -0.2) is 4.98 Å². The van der Waals surface area contributed by atoms with Crippen LogP contribution in [-0.2, 0) is 6.42 Å². The molecule has 1 aromatic rings. The number of hydrogen-bond donors (Lipinski definition) is 3. The van der Waals surface area contributed by atoms with Crippen LogP contribution in [0.15, 0.2) is 6.20 Å². The molecule has 1 heterocycles. The molecule has 1 aliphatic carbocycles. The summed E-state index contributed by atoms with van der Waals surface area (Å²) in [6.45, 7) is 2.14. The Morgan fingerprint density at radius 2 is 2.33 bits per heavy atom. The van der Waals surface area contributed by atoms with Crippen LogP contribution in [0.4, 0.5) is 0 Å². The first-order valence-electron chi connectivity index (χ1n) is 6.70. The number of nitrogens with one attached hydrogen (secondary N) is 2. The van der Waals surface area contributed by atoms with E-state index >= 15 is 0 Å². The predicted octanol–water partition coefficient (Wildman–Crippen LogP) is 1.25. The second-order valence-electron chi connectivity index (χ2n) is 4.90. The van der Waals surface area contributed by atoms with Crippen LogP contribution < -0.4 is 5.32 Å². The molecule has 2 rings (SSSR count). The second-order valence-corrected chi connectivity index (χ2v) is 4.90. The Balaban J connectivity index is 1.97. The maximum Gasteiger partial charge on any atom is 0.269 e. The highest BCUT2D eigenvalue weighted by atomic mass is 16.3. The van der Waals surface area contributed by atoms with Gasteiger partial charge in [0.05, 0.1) is 6.20 Å². The van der Waals surface area contributed by atoms with E-state index in [4.69, 9.17) is 0 Å². The first-order valence-corrected chi connectivity index (χ1v) is 6.70. The first kappa shape index (κ1) is 13.1. The Labute approximate surface area is 107 Å². The summed E-state index contributed by atoms with van der Waals surface area (Å²) < 4.78 is 0. The molecule has 5 nitrogen and oxygen atoms in total. The van der Waals surface area contributed by atoms with Crippen LogP contribution in [0.1, 0.15) is 48.9 Å². The lowest BCUT2D eigenvalue weighted by molar-refractivity contribution is 0.0868. The van der Waals surface area contributed by atoms with Crippen molar-refractivity contribution >= 4 is 5.91 Å². The van der Waals surface area contributed by atoms with Crippen molar-refractivity contribution in [3.8, 4) is 0 Å². The number of hydrogen-bond acceptors (Lipinski definition) is 3. The summed E-state index contributed by atoms with van der Waals surface area (Å²) in [5, 5.41) is 12.3. The van der Waals surface area contributed by atoms with Gasteiger partial charge >= 0.3 is 0 Å². The molecule has 1 amide bonds. The number of aromatic amines is 1.